The van der Waals surface area contributed by atoms with Crippen molar-refractivity contribution in [2.75, 3.05) is 26.8 Å². The number of cyclic esters (lactones) is 1. The normalized spacial score (nSPS) is 39.0. The monoisotopic (exact) mass is 357 g/mol. The molecule has 5 heteroatoms. The third-order valence-electron chi connectivity index (χ3n) is 6.06. The summed E-state index contributed by atoms with van der Waals surface area (Å²) in [4.78, 5) is 14.5. The highest BCUT2D eigenvalue weighted by atomic mass is 79.9. The van der Waals surface area contributed by atoms with Crippen LogP contribution in [0.4, 0.5) is 0 Å². The van der Waals surface area contributed by atoms with Gasteiger partial charge in [-0.3, -0.25) is 9.69 Å². The molecule has 3 atom stereocenters. The fourth-order valence-corrected chi connectivity index (χ4v) is 5.12. The van der Waals surface area contributed by atoms with Crippen LogP contribution in [0.5, 0.6) is 0 Å². The number of ether oxygens (including phenoxy) is 2. The van der Waals surface area contributed by atoms with Crippen molar-refractivity contribution < 1.29 is 14.3 Å². The molecule has 0 bridgehead atoms. The Hall–Kier alpha value is -0.390. The second-order valence-corrected chi connectivity index (χ2v) is 6.71. The summed E-state index contributed by atoms with van der Waals surface area (Å²) in [7, 11) is 1.83. The van der Waals surface area contributed by atoms with Crippen LogP contribution in [0, 0.1) is 5.92 Å². The van der Waals surface area contributed by atoms with E-state index in [1.807, 2.05) is 7.11 Å². The van der Waals surface area contributed by atoms with Crippen LogP contribution < -0.4 is 0 Å². The number of methoxy groups -OCH3 is 1. The predicted octanol–water partition coefficient (Wildman–Crippen LogP) is 2.47. The Bertz CT molecular complexity index is 478. The predicted molar refractivity (Wildman–Crippen MR) is 84.6 cm³/mol. The molecular formula is C16H24BrNO3. The molecule has 4 nitrogen and oxygen atoms in total. The molecule has 21 heavy (non-hydrogen) atoms. The lowest BCUT2D eigenvalue weighted by Gasteiger charge is -2.53. The second-order valence-electron chi connectivity index (χ2n) is 6.71. The zero-order valence-corrected chi connectivity index (χ0v) is 14.3. The van der Waals surface area contributed by atoms with Crippen LogP contribution in [0.25, 0.3) is 0 Å². The van der Waals surface area contributed by atoms with Gasteiger partial charge < -0.3 is 9.47 Å². The Kier molecular flexibility index (Phi) is 4.19. The molecule has 2 fully saturated rings. The van der Waals surface area contributed by atoms with Crippen molar-refractivity contribution in [1.29, 1.82) is 0 Å². The molecule has 1 saturated heterocycles. The van der Waals surface area contributed by atoms with E-state index in [-0.39, 0.29) is 28.5 Å². The average molecular weight is 358 g/mol. The fourth-order valence-electron chi connectivity index (χ4n) is 5.12. The molecule has 0 N–H and O–H groups in total. The Morgan fingerprint density at radius 2 is 2.14 bits per heavy atom. The first-order valence-corrected chi connectivity index (χ1v) is 7.89. The first kappa shape index (κ1) is 15.5. The fraction of sp³-hybridized carbons (Fsp3) is 0.812. The van der Waals surface area contributed by atoms with Crippen molar-refractivity contribution in [3.63, 3.8) is 0 Å². The SMILES string of the molecule is Br.CO[C@H]1CCC2CCN3CCC4=C(CC(=O)OC4)[C@]23C1. The minimum absolute atomic E-state index is 0. The zero-order valence-electron chi connectivity index (χ0n) is 12.6. The summed E-state index contributed by atoms with van der Waals surface area (Å²) in [6, 6.07) is 0. The van der Waals surface area contributed by atoms with E-state index < -0.39 is 0 Å². The summed E-state index contributed by atoms with van der Waals surface area (Å²) in [5.41, 5.74) is 2.93. The van der Waals surface area contributed by atoms with Crippen molar-refractivity contribution in [1.82, 2.24) is 4.90 Å². The standard InChI is InChI=1S/C16H23NO3.BrH/c1-19-13-3-2-12-5-7-17-6-4-11-10-20-15(18)8-14(11)16(12,17)9-13;/h12-13H,2-10H2,1H3;1H/t12?,13-,16-;/m0./s1. The molecule has 118 valence electrons. The third kappa shape index (κ3) is 2.20. The van der Waals surface area contributed by atoms with Crippen LogP contribution in [-0.4, -0.2) is 49.3 Å². The quantitative estimate of drug-likeness (QED) is 0.533. The van der Waals surface area contributed by atoms with E-state index >= 15 is 0 Å². The molecule has 3 aliphatic heterocycles. The number of hydrogen-bond acceptors (Lipinski definition) is 4. The highest BCUT2D eigenvalue weighted by Crippen LogP contribution is 2.54. The van der Waals surface area contributed by atoms with Gasteiger partial charge in [-0.1, -0.05) is 0 Å². The minimum atomic E-state index is -0.0369. The van der Waals surface area contributed by atoms with E-state index in [0.29, 0.717) is 25.0 Å². The highest BCUT2D eigenvalue weighted by Gasteiger charge is 2.56. The number of carbonyl (C=O) groups excluding carboxylic acids is 1. The van der Waals surface area contributed by atoms with Crippen molar-refractivity contribution in [3.05, 3.63) is 11.1 Å². The average Bonchev–Trinajstić information content (AvgIpc) is 2.86. The number of halogens is 1. The lowest BCUT2D eigenvalue weighted by atomic mass is 9.64. The van der Waals surface area contributed by atoms with Gasteiger partial charge in [0.05, 0.1) is 12.5 Å². The number of carbonyl (C=O) groups is 1. The van der Waals surface area contributed by atoms with Gasteiger partial charge >= 0.3 is 5.97 Å². The zero-order chi connectivity index (χ0) is 13.7. The Morgan fingerprint density at radius 3 is 2.95 bits per heavy atom. The molecule has 1 saturated carbocycles. The Balaban J connectivity index is 0.00000132. The van der Waals surface area contributed by atoms with Gasteiger partial charge in [0.15, 0.2) is 0 Å². The van der Waals surface area contributed by atoms with Gasteiger partial charge in [-0.15, -0.1) is 17.0 Å². The van der Waals surface area contributed by atoms with Crippen LogP contribution in [0.2, 0.25) is 0 Å². The maximum atomic E-state index is 11.8. The largest absolute Gasteiger partial charge is 0.461 e. The molecule has 3 heterocycles. The summed E-state index contributed by atoms with van der Waals surface area (Å²) in [6.07, 6.45) is 6.69. The molecule has 1 spiro atoms. The van der Waals surface area contributed by atoms with E-state index in [1.54, 1.807) is 0 Å². The van der Waals surface area contributed by atoms with Gasteiger partial charge in [-0.2, -0.15) is 0 Å². The van der Waals surface area contributed by atoms with Crippen LogP contribution in [0.3, 0.4) is 0 Å². The first-order valence-electron chi connectivity index (χ1n) is 7.89. The summed E-state index contributed by atoms with van der Waals surface area (Å²) in [5, 5.41) is 0. The van der Waals surface area contributed by atoms with E-state index in [0.717, 1.165) is 19.4 Å². The van der Waals surface area contributed by atoms with Gasteiger partial charge in [0.1, 0.15) is 6.61 Å². The van der Waals surface area contributed by atoms with Crippen molar-refractivity contribution >= 4 is 23.0 Å². The summed E-state index contributed by atoms with van der Waals surface area (Å²) < 4.78 is 11.0. The van der Waals surface area contributed by atoms with Crippen LogP contribution in [0.1, 0.15) is 38.5 Å². The Morgan fingerprint density at radius 1 is 1.29 bits per heavy atom. The van der Waals surface area contributed by atoms with Gasteiger partial charge in [0.25, 0.3) is 0 Å². The highest BCUT2D eigenvalue weighted by molar-refractivity contribution is 8.93. The molecule has 0 aromatic heterocycles. The maximum absolute atomic E-state index is 11.8. The molecule has 4 rings (SSSR count). The van der Waals surface area contributed by atoms with Crippen molar-refractivity contribution in [2.24, 2.45) is 5.92 Å². The summed E-state index contributed by atoms with van der Waals surface area (Å²) >= 11 is 0. The maximum Gasteiger partial charge on any atom is 0.310 e. The number of esters is 1. The van der Waals surface area contributed by atoms with E-state index in [1.165, 1.54) is 37.0 Å². The van der Waals surface area contributed by atoms with Crippen LogP contribution in [-0.2, 0) is 14.3 Å². The van der Waals surface area contributed by atoms with Crippen molar-refractivity contribution in [3.8, 4) is 0 Å². The molecule has 0 radical (unpaired) electrons. The van der Waals surface area contributed by atoms with Gasteiger partial charge in [-0.25, -0.2) is 0 Å². The smallest absolute Gasteiger partial charge is 0.310 e. The summed E-state index contributed by atoms with van der Waals surface area (Å²) in [5.74, 6) is 0.676. The molecule has 0 aromatic carbocycles. The molecular weight excluding hydrogens is 334 g/mol. The first-order chi connectivity index (χ1) is 9.74. The molecule has 1 unspecified atom stereocenters. The number of hydrogen-bond donors (Lipinski definition) is 0. The van der Waals surface area contributed by atoms with E-state index in [4.69, 9.17) is 9.47 Å². The summed E-state index contributed by atoms with van der Waals surface area (Å²) in [6.45, 7) is 2.85. The minimum Gasteiger partial charge on any atom is -0.461 e. The molecule has 4 aliphatic rings. The molecule has 0 amide bonds. The third-order valence-corrected chi connectivity index (χ3v) is 6.06. The van der Waals surface area contributed by atoms with Crippen molar-refractivity contribution in [2.45, 2.75) is 50.2 Å². The lowest BCUT2D eigenvalue weighted by Crippen LogP contribution is -2.57. The topological polar surface area (TPSA) is 38.8 Å². The molecule has 1 aliphatic carbocycles. The van der Waals surface area contributed by atoms with Gasteiger partial charge in [-0.05, 0) is 55.7 Å². The second kappa shape index (κ2) is 5.67. The number of rotatable bonds is 1. The van der Waals surface area contributed by atoms with Crippen LogP contribution >= 0.6 is 17.0 Å². The van der Waals surface area contributed by atoms with Gasteiger partial charge in [0.2, 0.25) is 0 Å². The van der Waals surface area contributed by atoms with E-state index in [9.17, 15) is 4.79 Å². The van der Waals surface area contributed by atoms with Crippen LogP contribution in [0.15, 0.2) is 11.1 Å². The Labute approximate surface area is 136 Å². The lowest BCUT2D eigenvalue weighted by molar-refractivity contribution is -0.144. The number of nitrogens with zero attached hydrogens (tertiary/aromatic N) is 1. The van der Waals surface area contributed by atoms with Gasteiger partial charge in [0, 0.05) is 19.2 Å². The van der Waals surface area contributed by atoms with E-state index in [2.05, 4.69) is 4.90 Å². The molecule has 0 aromatic rings.